The van der Waals surface area contributed by atoms with Crippen molar-refractivity contribution in [1.29, 1.82) is 0 Å². The second kappa shape index (κ2) is 3.83. The van der Waals surface area contributed by atoms with Crippen molar-refractivity contribution in [2.24, 2.45) is 0 Å². The molecule has 0 spiro atoms. The van der Waals surface area contributed by atoms with E-state index in [4.69, 9.17) is 0 Å². The van der Waals surface area contributed by atoms with Crippen LogP contribution in [-0.2, 0) is 10.3 Å². The van der Waals surface area contributed by atoms with Crippen LogP contribution in [0.2, 0.25) is 0 Å². The summed E-state index contributed by atoms with van der Waals surface area (Å²) in [6.07, 6.45) is 2.50. The van der Waals surface area contributed by atoms with Gasteiger partial charge < -0.3 is 4.79 Å². The van der Waals surface area contributed by atoms with E-state index in [2.05, 4.69) is 5.10 Å². The zero-order valence-electron chi connectivity index (χ0n) is 8.98. The van der Waals surface area contributed by atoms with Gasteiger partial charge in [0.25, 0.3) is 0 Å². The van der Waals surface area contributed by atoms with E-state index < -0.39 is 5.54 Å². The van der Waals surface area contributed by atoms with Crippen molar-refractivity contribution >= 4 is 17.6 Å². The van der Waals surface area contributed by atoms with Crippen LogP contribution in [0.4, 0.5) is 4.39 Å². The van der Waals surface area contributed by atoms with E-state index in [0.29, 0.717) is 10.6 Å². The highest BCUT2D eigenvalue weighted by Gasteiger charge is 2.21. The third-order valence-electron chi connectivity index (χ3n) is 2.32. The van der Waals surface area contributed by atoms with Crippen molar-refractivity contribution in [3.8, 4) is 10.6 Å². The van der Waals surface area contributed by atoms with Crippen LogP contribution in [0.3, 0.4) is 0 Å². The lowest BCUT2D eigenvalue weighted by Crippen LogP contribution is -2.28. The van der Waals surface area contributed by atoms with E-state index in [-0.39, 0.29) is 5.82 Å². The molecule has 0 N–H and O–H groups in total. The molecule has 2 heterocycles. The normalized spacial score (nSPS) is 11.7. The smallest absolute Gasteiger partial charge is 0.147 e. The fourth-order valence-corrected chi connectivity index (χ4v) is 2.03. The van der Waals surface area contributed by atoms with Gasteiger partial charge in [-0.05, 0) is 31.4 Å². The predicted molar refractivity (Wildman–Crippen MR) is 60.9 cm³/mol. The first-order chi connectivity index (χ1) is 7.54. The van der Waals surface area contributed by atoms with Crippen LogP contribution in [0.15, 0.2) is 23.7 Å². The average molecular weight is 238 g/mol. The lowest BCUT2D eigenvalue weighted by Gasteiger charge is -2.16. The summed E-state index contributed by atoms with van der Waals surface area (Å²) in [5.41, 5.74) is -0.145. The molecule has 0 saturated carbocycles. The van der Waals surface area contributed by atoms with Crippen LogP contribution in [0, 0.1) is 5.82 Å². The summed E-state index contributed by atoms with van der Waals surface area (Å²) in [5, 5.41) is 5.89. The van der Waals surface area contributed by atoms with Gasteiger partial charge in [-0.1, -0.05) is 0 Å². The number of halogens is 1. The highest BCUT2D eigenvalue weighted by molar-refractivity contribution is 7.13. The van der Waals surface area contributed by atoms with Crippen molar-refractivity contribution in [1.82, 2.24) is 9.78 Å². The van der Waals surface area contributed by atoms with Gasteiger partial charge in [0.1, 0.15) is 23.3 Å². The quantitative estimate of drug-likeness (QED) is 0.770. The van der Waals surface area contributed by atoms with Crippen LogP contribution in [0.25, 0.3) is 10.6 Å². The largest absolute Gasteiger partial charge is 0.301 e. The fourth-order valence-electron chi connectivity index (χ4n) is 1.30. The number of carbonyl (C=O) groups is 1. The summed E-state index contributed by atoms with van der Waals surface area (Å²) in [4.78, 5) is 11.4. The molecule has 0 atom stereocenters. The average Bonchev–Trinajstić information content (AvgIpc) is 2.85. The summed E-state index contributed by atoms with van der Waals surface area (Å²) >= 11 is 1.30. The summed E-state index contributed by atoms with van der Waals surface area (Å²) in [5.74, 6) is -0.279. The molecule has 0 aliphatic heterocycles. The molecule has 0 aliphatic carbocycles. The van der Waals surface area contributed by atoms with Crippen LogP contribution >= 0.6 is 11.3 Å². The number of thiophene rings is 1. The van der Waals surface area contributed by atoms with Crippen LogP contribution < -0.4 is 0 Å². The van der Waals surface area contributed by atoms with E-state index >= 15 is 0 Å². The third-order valence-corrected chi connectivity index (χ3v) is 3.23. The minimum Gasteiger partial charge on any atom is -0.301 e. The molecule has 2 aromatic rings. The molecule has 0 aliphatic rings. The Bertz CT molecular complexity index is 516. The number of aldehydes is 1. The maximum absolute atomic E-state index is 13.3. The van der Waals surface area contributed by atoms with Crippen LogP contribution in [0.1, 0.15) is 13.8 Å². The lowest BCUT2D eigenvalue weighted by atomic mass is 10.1. The number of nitrogens with zero attached hydrogens (tertiary/aromatic N) is 2. The Morgan fingerprint density at radius 1 is 1.50 bits per heavy atom. The van der Waals surface area contributed by atoms with Gasteiger partial charge in [0.2, 0.25) is 0 Å². The Kier molecular flexibility index (Phi) is 2.63. The predicted octanol–water partition coefficient (Wildman–Crippen LogP) is 2.68. The van der Waals surface area contributed by atoms with Crippen LogP contribution in [0.5, 0.6) is 0 Å². The maximum atomic E-state index is 13.3. The van der Waals surface area contributed by atoms with E-state index in [0.717, 1.165) is 6.29 Å². The van der Waals surface area contributed by atoms with E-state index in [1.54, 1.807) is 31.5 Å². The molecule has 0 aromatic carbocycles. The second-order valence-electron chi connectivity index (χ2n) is 4.01. The number of carbonyl (C=O) groups excluding carboxylic acids is 1. The summed E-state index contributed by atoms with van der Waals surface area (Å²) in [7, 11) is 0. The Labute approximate surface area is 96.5 Å². The summed E-state index contributed by atoms with van der Waals surface area (Å²) < 4.78 is 14.9. The minimum absolute atomic E-state index is 0.279. The van der Waals surface area contributed by atoms with Gasteiger partial charge in [-0.3, -0.25) is 4.68 Å². The van der Waals surface area contributed by atoms with Crippen LogP contribution in [-0.4, -0.2) is 16.1 Å². The first-order valence-electron chi connectivity index (χ1n) is 4.80. The first kappa shape index (κ1) is 11.0. The topological polar surface area (TPSA) is 34.9 Å². The molecule has 0 bridgehead atoms. The second-order valence-corrected chi connectivity index (χ2v) is 4.93. The van der Waals surface area contributed by atoms with E-state index in [1.807, 2.05) is 0 Å². The molecular formula is C11H11FN2OS. The van der Waals surface area contributed by atoms with Crippen molar-refractivity contribution in [3.05, 3.63) is 29.5 Å². The van der Waals surface area contributed by atoms with Gasteiger partial charge in [-0.2, -0.15) is 5.10 Å². The van der Waals surface area contributed by atoms with Crippen molar-refractivity contribution in [2.75, 3.05) is 0 Å². The minimum atomic E-state index is -0.702. The molecular weight excluding hydrogens is 227 g/mol. The first-order valence-corrected chi connectivity index (χ1v) is 5.68. The van der Waals surface area contributed by atoms with Crippen molar-refractivity contribution in [3.63, 3.8) is 0 Å². The number of rotatable bonds is 3. The Morgan fingerprint density at radius 2 is 2.25 bits per heavy atom. The molecule has 2 aromatic heterocycles. The molecule has 0 fully saturated rings. The van der Waals surface area contributed by atoms with E-state index in [9.17, 15) is 9.18 Å². The molecule has 0 saturated heterocycles. The Hall–Kier alpha value is -1.49. The highest BCUT2D eigenvalue weighted by Crippen LogP contribution is 2.27. The number of hydrogen-bond acceptors (Lipinski definition) is 3. The standard InChI is InChI=1S/C11H11FN2OS/c1-11(2,7-15)14-5-3-9(13-14)10-8(12)4-6-16-10/h3-7H,1-2H3. The molecule has 3 nitrogen and oxygen atoms in total. The Balaban J connectivity index is 2.41. The summed E-state index contributed by atoms with van der Waals surface area (Å²) in [6, 6.07) is 3.12. The van der Waals surface area contributed by atoms with Crippen molar-refractivity contribution in [2.45, 2.75) is 19.4 Å². The monoisotopic (exact) mass is 238 g/mol. The van der Waals surface area contributed by atoms with Gasteiger partial charge in [-0.25, -0.2) is 4.39 Å². The van der Waals surface area contributed by atoms with E-state index in [1.165, 1.54) is 22.1 Å². The lowest BCUT2D eigenvalue weighted by molar-refractivity contribution is -0.114. The maximum Gasteiger partial charge on any atom is 0.147 e. The fraction of sp³-hybridized carbons (Fsp3) is 0.273. The Morgan fingerprint density at radius 3 is 2.81 bits per heavy atom. The third kappa shape index (κ3) is 1.78. The SMILES string of the molecule is CC(C)(C=O)n1ccc(-c2sccc2F)n1. The molecule has 5 heteroatoms. The van der Waals surface area contributed by atoms with Gasteiger partial charge in [-0.15, -0.1) is 11.3 Å². The molecule has 0 unspecified atom stereocenters. The number of aromatic nitrogens is 2. The number of hydrogen-bond donors (Lipinski definition) is 0. The zero-order chi connectivity index (χ0) is 11.8. The van der Waals surface area contributed by atoms with Crippen molar-refractivity contribution < 1.29 is 9.18 Å². The van der Waals surface area contributed by atoms with Gasteiger partial charge in [0.05, 0.1) is 4.88 Å². The highest BCUT2D eigenvalue weighted by atomic mass is 32.1. The van der Waals surface area contributed by atoms with Gasteiger partial charge in [0.15, 0.2) is 0 Å². The molecule has 2 rings (SSSR count). The van der Waals surface area contributed by atoms with Gasteiger partial charge in [0, 0.05) is 6.20 Å². The molecule has 16 heavy (non-hydrogen) atoms. The zero-order valence-corrected chi connectivity index (χ0v) is 9.79. The summed E-state index contributed by atoms with van der Waals surface area (Å²) in [6.45, 7) is 3.50. The molecule has 0 radical (unpaired) electrons. The molecule has 84 valence electrons. The van der Waals surface area contributed by atoms with Gasteiger partial charge >= 0.3 is 0 Å². The molecule has 0 amide bonds.